The molecule has 2 aromatic heterocycles. The highest BCUT2D eigenvalue weighted by molar-refractivity contribution is 7.92. The van der Waals surface area contributed by atoms with E-state index in [1.165, 1.54) is 29.7 Å². The molecule has 3 heterocycles. The third-order valence-corrected chi connectivity index (χ3v) is 8.02. The zero-order chi connectivity index (χ0) is 26.1. The number of hydrogen-bond donors (Lipinski definition) is 1. The van der Waals surface area contributed by atoms with Crippen LogP contribution in [0.15, 0.2) is 30.5 Å². The number of aromatic nitrogens is 3. The number of alkyl halides is 3. The molecule has 1 saturated heterocycles. The van der Waals surface area contributed by atoms with E-state index in [0.29, 0.717) is 28.8 Å². The number of piperazine rings is 1. The van der Waals surface area contributed by atoms with Gasteiger partial charge >= 0.3 is 6.18 Å². The molecule has 8 nitrogen and oxygen atoms in total. The van der Waals surface area contributed by atoms with Crippen molar-refractivity contribution < 1.29 is 26.0 Å². The average Bonchev–Trinajstić information content (AvgIpc) is 3.24. The lowest BCUT2D eigenvalue weighted by atomic mass is 10.1. The van der Waals surface area contributed by atoms with Gasteiger partial charge < -0.3 is 9.80 Å². The zero-order valence-electron chi connectivity index (χ0n) is 18.9. The summed E-state index contributed by atoms with van der Waals surface area (Å²) < 4.78 is 79.4. The van der Waals surface area contributed by atoms with Gasteiger partial charge in [0, 0.05) is 37.9 Å². The lowest BCUT2D eigenvalue weighted by Crippen LogP contribution is -2.44. The lowest BCUT2D eigenvalue weighted by molar-refractivity contribution is -0.129. The van der Waals surface area contributed by atoms with Crippen LogP contribution < -0.4 is 9.62 Å². The van der Waals surface area contributed by atoms with E-state index in [9.17, 15) is 21.6 Å². The number of benzene rings is 1. The third-order valence-electron chi connectivity index (χ3n) is 5.42. The van der Waals surface area contributed by atoms with Crippen molar-refractivity contribution in [2.75, 3.05) is 48.6 Å². The highest BCUT2D eigenvalue weighted by Crippen LogP contribution is 2.42. The summed E-state index contributed by atoms with van der Waals surface area (Å²) in [5.41, 5.74) is 0.0962. The molecule has 0 radical (unpaired) electrons. The van der Waals surface area contributed by atoms with Gasteiger partial charge in [-0.3, -0.25) is 4.72 Å². The molecule has 15 heteroatoms. The van der Waals surface area contributed by atoms with Crippen molar-refractivity contribution in [1.29, 1.82) is 0 Å². The second-order valence-corrected chi connectivity index (χ2v) is 11.3. The van der Waals surface area contributed by atoms with E-state index >= 15 is 4.39 Å². The SMILES string of the molecule is CN1CCN(c2nc(-c3cccc(NS(=O)(=O)CCC(F)(F)F)c3F)c(-c3ccnc(Cl)n3)s2)CC1. The minimum Gasteiger partial charge on any atom is -0.345 e. The van der Waals surface area contributed by atoms with Gasteiger partial charge in [-0.2, -0.15) is 13.2 Å². The van der Waals surface area contributed by atoms with E-state index in [1.807, 2.05) is 11.8 Å². The Morgan fingerprint density at radius 1 is 1.14 bits per heavy atom. The molecule has 3 aromatic rings. The Morgan fingerprint density at radius 3 is 2.53 bits per heavy atom. The molecule has 0 saturated carbocycles. The number of rotatable bonds is 7. The largest absolute Gasteiger partial charge is 0.390 e. The second kappa shape index (κ2) is 10.4. The van der Waals surface area contributed by atoms with Crippen LogP contribution in [0.4, 0.5) is 28.4 Å². The first kappa shape index (κ1) is 26.5. The highest BCUT2D eigenvalue weighted by atomic mass is 35.5. The number of sulfonamides is 1. The molecule has 0 spiro atoms. The maximum Gasteiger partial charge on any atom is 0.390 e. The number of likely N-dealkylation sites (N-methyl/N-ethyl adjacent to an activating group) is 1. The molecule has 0 atom stereocenters. The first-order valence-corrected chi connectivity index (χ1v) is 13.6. The number of thiazole rings is 1. The van der Waals surface area contributed by atoms with E-state index in [-0.39, 0.29) is 16.5 Å². The summed E-state index contributed by atoms with van der Waals surface area (Å²) in [4.78, 5) is 17.5. The summed E-state index contributed by atoms with van der Waals surface area (Å²) >= 11 is 7.25. The Balaban J connectivity index is 1.73. The van der Waals surface area contributed by atoms with Gasteiger partial charge in [0.05, 0.1) is 34.1 Å². The van der Waals surface area contributed by atoms with Crippen LogP contribution in [-0.4, -0.2) is 73.4 Å². The Labute approximate surface area is 214 Å². The van der Waals surface area contributed by atoms with Crippen molar-refractivity contribution in [3.63, 3.8) is 0 Å². The van der Waals surface area contributed by atoms with Gasteiger partial charge in [-0.15, -0.1) is 0 Å². The van der Waals surface area contributed by atoms with E-state index in [0.717, 1.165) is 19.2 Å². The summed E-state index contributed by atoms with van der Waals surface area (Å²) in [5, 5.41) is 0.609. The van der Waals surface area contributed by atoms with Gasteiger partial charge in [0.1, 0.15) is 0 Å². The van der Waals surface area contributed by atoms with Crippen LogP contribution in [0.1, 0.15) is 6.42 Å². The first-order chi connectivity index (χ1) is 16.9. The Kier molecular flexibility index (Phi) is 7.69. The molecular formula is C21H21ClF4N6O2S2. The minimum absolute atomic E-state index is 0.0142. The van der Waals surface area contributed by atoms with Gasteiger partial charge in [0.15, 0.2) is 10.9 Å². The highest BCUT2D eigenvalue weighted by Gasteiger charge is 2.31. The molecule has 0 unspecified atom stereocenters. The fraction of sp³-hybridized carbons (Fsp3) is 0.381. The summed E-state index contributed by atoms with van der Waals surface area (Å²) in [6.07, 6.45) is -4.77. The molecule has 4 rings (SSSR count). The molecule has 1 aliphatic rings. The third kappa shape index (κ3) is 6.41. The van der Waals surface area contributed by atoms with Crippen LogP contribution in [0.5, 0.6) is 0 Å². The fourth-order valence-corrected chi connectivity index (χ4v) is 5.87. The number of anilines is 2. The normalized spacial score (nSPS) is 15.3. The molecule has 1 aliphatic heterocycles. The van der Waals surface area contributed by atoms with Crippen molar-refractivity contribution in [3.05, 3.63) is 41.6 Å². The van der Waals surface area contributed by atoms with Gasteiger partial charge in [-0.05, 0) is 36.8 Å². The van der Waals surface area contributed by atoms with Gasteiger partial charge in [-0.25, -0.2) is 27.8 Å². The predicted molar refractivity (Wildman–Crippen MR) is 131 cm³/mol. The maximum atomic E-state index is 15.6. The monoisotopic (exact) mass is 564 g/mol. The zero-order valence-corrected chi connectivity index (χ0v) is 21.3. The van der Waals surface area contributed by atoms with Crippen molar-refractivity contribution in [2.45, 2.75) is 12.6 Å². The molecule has 0 amide bonds. The van der Waals surface area contributed by atoms with E-state index in [4.69, 9.17) is 11.6 Å². The van der Waals surface area contributed by atoms with Crippen molar-refractivity contribution in [3.8, 4) is 21.8 Å². The Morgan fingerprint density at radius 2 is 1.86 bits per heavy atom. The Hall–Kier alpha value is -2.55. The van der Waals surface area contributed by atoms with Crippen molar-refractivity contribution in [1.82, 2.24) is 19.9 Å². The molecule has 1 fully saturated rings. The summed E-state index contributed by atoms with van der Waals surface area (Å²) in [5.74, 6) is -2.19. The number of nitrogens with zero attached hydrogens (tertiary/aromatic N) is 5. The number of nitrogens with one attached hydrogen (secondary N) is 1. The van der Waals surface area contributed by atoms with Crippen LogP contribution >= 0.6 is 22.9 Å². The maximum absolute atomic E-state index is 15.6. The molecular weight excluding hydrogens is 544 g/mol. The topological polar surface area (TPSA) is 91.3 Å². The smallest absolute Gasteiger partial charge is 0.345 e. The molecule has 36 heavy (non-hydrogen) atoms. The minimum atomic E-state index is -4.66. The van der Waals surface area contributed by atoms with E-state index in [1.54, 1.807) is 6.07 Å². The van der Waals surface area contributed by atoms with Gasteiger partial charge in [-0.1, -0.05) is 17.4 Å². The molecule has 1 aromatic carbocycles. The Bertz CT molecular complexity index is 1340. The van der Waals surface area contributed by atoms with E-state index in [2.05, 4.69) is 24.8 Å². The summed E-state index contributed by atoms with van der Waals surface area (Å²) in [6, 6.07) is 5.54. The van der Waals surface area contributed by atoms with Crippen molar-refractivity contribution in [2.24, 2.45) is 0 Å². The number of hydrogen-bond acceptors (Lipinski definition) is 8. The van der Waals surface area contributed by atoms with Crippen LogP contribution in [0, 0.1) is 5.82 Å². The van der Waals surface area contributed by atoms with Crippen LogP contribution in [0.3, 0.4) is 0 Å². The average molecular weight is 565 g/mol. The summed E-state index contributed by atoms with van der Waals surface area (Å²) in [6.45, 7) is 3.03. The molecule has 0 aliphatic carbocycles. The fourth-order valence-electron chi connectivity index (χ4n) is 3.52. The van der Waals surface area contributed by atoms with Crippen LogP contribution in [0.25, 0.3) is 21.8 Å². The quantitative estimate of drug-likeness (QED) is 0.334. The molecule has 0 bridgehead atoms. The molecule has 194 valence electrons. The summed E-state index contributed by atoms with van der Waals surface area (Å²) in [7, 11) is -2.44. The second-order valence-electron chi connectivity index (χ2n) is 8.13. The van der Waals surface area contributed by atoms with E-state index < -0.39 is 39.9 Å². The number of halogens is 5. The van der Waals surface area contributed by atoms with Crippen LogP contribution in [-0.2, 0) is 10.0 Å². The lowest BCUT2D eigenvalue weighted by Gasteiger charge is -2.32. The van der Waals surface area contributed by atoms with Crippen molar-refractivity contribution >= 4 is 43.8 Å². The predicted octanol–water partition coefficient (Wildman–Crippen LogP) is 4.51. The van der Waals surface area contributed by atoms with Gasteiger partial charge in [0.2, 0.25) is 15.3 Å². The van der Waals surface area contributed by atoms with Crippen LogP contribution in [0.2, 0.25) is 5.28 Å². The standard InChI is InChI=1S/C21H21ClF4N6O2S2/c1-31-8-10-32(11-9-31)20-29-17(18(35-20)15-5-7-27-19(22)28-15)13-3-2-4-14(16(13)23)30-36(33,34)12-6-21(24,25)26/h2-5,7,30H,6,8-12H2,1H3. The molecule has 1 N–H and O–H groups in total. The van der Waals surface area contributed by atoms with Gasteiger partial charge in [0.25, 0.3) is 0 Å². The first-order valence-electron chi connectivity index (χ1n) is 10.7.